The van der Waals surface area contributed by atoms with Crippen LogP contribution in [0.3, 0.4) is 0 Å². The van der Waals surface area contributed by atoms with E-state index in [0.717, 1.165) is 32.1 Å². The Morgan fingerprint density at radius 1 is 1.12 bits per heavy atom. The Morgan fingerprint density at radius 2 is 1.71 bits per heavy atom. The van der Waals surface area contributed by atoms with Crippen molar-refractivity contribution >= 4 is 10.0 Å². The van der Waals surface area contributed by atoms with Crippen LogP contribution in [0, 0.1) is 11.3 Å². The van der Waals surface area contributed by atoms with Crippen LogP contribution in [0.15, 0.2) is 0 Å². The molecule has 0 aromatic carbocycles. The molecule has 17 heavy (non-hydrogen) atoms. The van der Waals surface area contributed by atoms with Crippen molar-refractivity contribution in [2.45, 2.75) is 64.0 Å². The van der Waals surface area contributed by atoms with E-state index in [9.17, 15) is 8.42 Å². The van der Waals surface area contributed by atoms with E-state index in [4.69, 9.17) is 5.26 Å². The average molecular weight is 260 g/mol. The summed E-state index contributed by atoms with van der Waals surface area (Å²) in [6, 6.07) is 1.81. The van der Waals surface area contributed by atoms with E-state index < -0.39 is 10.0 Å². The van der Waals surface area contributed by atoms with Crippen molar-refractivity contribution in [3.05, 3.63) is 0 Å². The Morgan fingerprint density at radius 3 is 2.24 bits per heavy atom. The van der Waals surface area contributed by atoms with Crippen LogP contribution in [0.1, 0.15) is 58.8 Å². The van der Waals surface area contributed by atoms with E-state index in [-0.39, 0.29) is 11.8 Å². The van der Waals surface area contributed by atoms with Gasteiger partial charge in [0.15, 0.2) is 0 Å². The number of hydrogen-bond acceptors (Lipinski definition) is 3. The second-order valence-corrected chi connectivity index (χ2v) is 6.33. The first-order valence-electron chi connectivity index (χ1n) is 6.43. The van der Waals surface area contributed by atoms with Gasteiger partial charge in [-0.25, -0.2) is 13.1 Å². The number of hydrogen-bond donors (Lipinski definition) is 1. The summed E-state index contributed by atoms with van der Waals surface area (Å²) < 4.78 is 26.2. The molecule has 0 bridgehead atoms. The topological polar surface area (TPSA) is 70.0 Å². The summed E-state index contributed by atoms with van der Waals surface area (Å²) >= 11 is 0. The molecule has 0 saturated carbocycles. The van der Waals surface area contributed by atoms with Crippen LogP contribution in [-0.2, 0) is 10.0 Å². The van der Waals surface area contributed by atoms with Gasteiger partial charge in [0.1, 0.15) is 0 Å². The van der Waals surface area contributed by atoms with Crippen molar-refractivity contribution in [1.82, 2.24) is 4.72 Å². The molecule has 1 atom stereocenters. The normalized spacial score (nSPS) is 13.2. The summed E-state index contributed by atoms with van der Waals surface area (Å²) in [4.78, 5) is 0. The van der Waals surface area contributed by atoms with E-state index in [2.05, 4.69) is 18.6 Å². The fourth-order valence-corrected chi connectivity index (χ4v) is 3.21. The summed E-state index contributed by atoms with van der Waals surface area (Å²) in [6.07, 6.45) is 6.42. The molecule has 0 radical (unpaired) electrons. The monoisotopic (exact) mass is 260 g/mol. The van der Waals surface area contributed by atoms with Gasteiger partial charge in [-0.2, -0.15) is 5.26 Å². The Hall–Kier alpha value is -0.600. The van der Waals surface area contributed by atoms with Crippen molar-refractivity contribution in [2.75, 3.05) is 6.54 Å². The molecule has 1 unspecified atom stereocenters. The molecule has 0 aliphatic heterocycles. The van der Waals surface area contributed by atoms with Crippen molar-refractivity contribution < 1.29 is 8.42 Å². The Kier molecular flexibility index (Phi) is 9.10. The maximum atomic E-state index is 11.9. The summed E-state index contributed by atoms with van der Waals surface area (Å²) in [5.74, 6) is 0. The summed E-state index contributed by atoms with van der Waals surface area (Å²) in [5.41, 5.74) is 0. The molecule has 0 aliphatic rings. The number of rotatable bonds is 10. The van der Waals surface area contributed by atoms with E-state index >= 15 is 0 Å². The predicted octanol–water partition coefficient (Wildman–Crippen LogP) is 2.57. The van der Waals surface area contributed by atoms with Gasteiger partial charge >= 0.3 is 0 Å². The highest BCUT2D eigenvalue weighted by Gasteiger charge is 2.23. The third-order valence-corrected chi connectivity index (χ3v) is 4.70. The zero-order valence-electron chi connectivity index (χ0n) is 10.9. The van der Waals surface area contributed by atoms with Gasteiger partial charge in [0, 0.05) is 0 Å². The van der Waals surface area contributed by atoms with Gasteiger partial charge < -0.3 is 0 Å². The first kappa shape index (κ1) is 16.4. The van der Waals surface area contributed by atoms with Crippen molar-refractivity contribution in [3.63, 3.8) is 0 Å². The van der Waals surface area contributed by atoms with Gasteiger partial charge in [-0.05, 0) is 12.8 Å². The largest absolute Gasteiger partial charge is 0.215 e. The summed E-state index contributed by atoms with van der Waals surface area (Å²) in [5, 5.41) is 8.09. The quantitative estimate of drug-likeness (QED) is 0.485. The highest BCUT2D eigenvalue weighted by atomic mass is 32.2. The summed E-state index contributed by atoms with van der Waals surface area (Å²) in [6.45, 7) is 4.03. The number of nitrogens with one attached hydrogen (secondary N) is 1. The highest BCUT2D eigenvalue weighted by Crippen LogP contribution is 2.16. The number of sulfonamides is 1. The van der Waals surface area contributed by atoms with Crippen LogP contribution in [0.5, 0.6) is 0 Å². The maximum absolute atomic E-state index is 11.9. The van der Waals surface area contributed by atoms with Gasteiger partial charge in [0.2, 0.25) is 10.0 Å². The van der Waals surface area contributed by atoms with Crippen LogP contribution in [0.25, 0.3) is 0 Å². The molecule has 0 spiro atoms. The molecule has 1 N–H and O–H groups in total. The van der Waals surface area contributed by atoms with Crippen LogP contribution in [0.2, 0.25) is 0 Å². The van der Waals surface area contributed by atoms with Crippen LogP contribution in [0.4, 0.5) is 0 Å². The van der Waals surface area contributed by atoms with Gasteiger partial charge in [-0.15, -0.1) is 0 Å². The SMILES string of the molecule is CCCCCC(CCCC)S(=O)(=O)NCC#N. The van der Waals surface area contributed by atoms with Crippen molar-refractivity contribution in [1.29, 1.82) is 5.26 Å². The molecule has 0 amide bonds. The van der Waals surface area contributed by atoms with Gasteiger partial charge in [0.25, 0.3) is 0 Å². The van der Waals surface area contributed by atoms with Crippen LogP contribution >= 0.6 is 0 Å². The fourth-order valence-electron chi connectivity index (χ4n) is 1.76. The second-order valence-electron chi connectivity index (χ2n) is 4.28. The molecule has 0 heterocycles. The smallest absolute Gasteiger partial charge is 0.212 e. The van der Waals surface area contributed by atoms with E-state index in [0.29, 0.717) is 12.8 Å². The minimum atomic E-state index is -3.31. The van der Waals surface area contributed by atoms with E-state index in [1.54, 1.807) is 0 Å². The van der Waals surface area contributed by atoms with Crippen LogP contribution < -0.4 is 4.72 Å². The minimum absolute atomic E-state index is 0.126. The number of nitriles is 1. The lowest BCUT2D eigenvalue weighted by Crippen LogP contribution is -2.34. The Balaban J connectivity index is 4.38. The molecular formula is C12H24N2O2S. The maximum Gasteiger partial charge on any atom is 0.215 e. The molecule has 0 aromatic heterocycles. The van der Waals surface area contributed by atoms with Gasteiger partial charge in [0.05, 0.1) is 17.9 Å². The molecule has 100 valence electrons. The van der Waals surface area contributed by atoms with Crippen molar-refractivity contribution in [2.24, 2.45) is 0 Å². The molecule has 0 saturated heterocycles. The summed E-state index contributed by atoms with van der Waals surface area (Å²) in [7, 11) is -3.31. The molecule has 0 fully saturated rings. The van der Waals surface area contributed by atoms with E-state index in [1.807, 2.05) is 6.07 Å². The number of nitrogens with zero attached hydrogens (tertiary/aromatic N) is 1. The molecule has 0 aromatic rings. The third kappa shape index (κ3) is 7.35. The second kappa shape index (κ2) is 9.43. The molecular weight excluding hydrogens is 236 g/mol. The molecule has 0 rings (SSSR count). The Bertz CT molecular complexity index is 320. The third-order valence-electron chi connectivity index (χ3n) is 2.80. The standard InChI is InChI=1S/C12H24N2O2S/c1-3-5-7-9-12(8-6-4-2)17(15,16)14-11-10-13/h12,14H,3-9,11H2,1-2H3. The first-order valence-corrected chi connectivity index (χ1v) is 7.98. The lowest BCUT2D eigenvalue weighted by Gasteiger charge is -2.16. The van der Waals surface area contributed by atoms with E-state index in [1.165, 1.54) is 0 Å². The number of unbranched alkanes of at least 4 members (excludes halogenated alkanes) is 3. The van der Waals surface area contributed by atoms with Gasteiger partial charge in [-0.1, -0.05) is 46.0 Å². The van der Waals surface area contributed by atoms with Gasteiger partial charge in [-0.3, -0.25) is 0 Å². The zero-order chi connectivity index (χ0) is 13.1. The highest BCUT2D eigenvalue weighted by molar-refractivity contribution is 7.90. The first-order chi connectivity index (χ1) is 8.08. The lowest BCUT2D eigenvalue weighted by atomic mass is 10.1. The van der Waals surface area contributed by atoms with Crippen molar-refractivity contribution in [3.8, 4) is 6.07 Å². The predicted molar refractivity (Wildman–Crippen MR) is 70.0 cm³/mol. The Labute approximate surface area is 105 Å². The lowest BCUT2D eigenvalue weighted by molar-refractivity contribution is 0.527. The fraction of sp³-hybridized carbons (Fsp3) is 0.917. The molecule has 4 nitrogen and oxygen atoms in total. The average Bonchev–Trinajstić information content (AvgIpc) is 2.31. The molecule has 5 heteroatoms. The zero-order valence-corrected chi connectivity index (χ0v) is 11.7. The van der Waals surface area contributed by atoms with Crippen LogP contribution in [-0.4, -0.2) is 20.2 Å². The molecule has 0 aliphatic carbocycles. The minimum Gasteiger partial charge on any atom is -0.212 e.